The Hall–Kier alpha value is -0.560. The van der Waals surface area contributed by atoms with E-state index in [4.69, 9.17) is 24.6 Å². The van der Waals surface area contributed by atoms with Gasteiger partial charge in [-0.25, -0.2) is 8.42 Å². The van der Waals surface area contributed by atoms with Gasteiger partial charge in [-0.05, 0) is 12.1 Å². The zero-order valence-electron chi connectivity index (χ0n) is 6.97. The van der Waals surface area contributed by atoms with Gasteiger partial charge in [0.2, 0.25) is 11.4 Å². The van der Waals surface area contributed by atoms with Crippen LogP contribution in [0.5, 0.6) is 0 Å². The second-order valence-corrected chi connectivity index (χ2v) is 5.17. The minimum Gasteiger partial charge on any atom is -0.443 e. The molecule has 7 heteroatoms. The summed E-state index contributed by atoms with van der Waals surface area (Å²) in [6, 6.07) is 2.73. The van der Waals surface area contributed by atoms with Crippen LogP contribution in [0.2, 0.25) is 0 Å². The van der Waals surface area contributed by atoms with Gasteiger partial charge in [-0.1, -0.05) is 0 Å². The molecule has 0 aromatic carbocycles. The average Bonchev–Trinajstić information content (AvgIpc) is 2.73. The van der Waals surface area contributed by atoms with Crippen LogP contribution in [0.4, 0.5) is 0 Å². The molecule has 2 rings (SSSR count). The van der Waals surface area contributed by atoms with Crippen LogP contribution in [0.25, 0.3) is 0 Å². The van der Waals surface area contributed by atoms with E-state index in [-0.39, 0.29) is 5.09 Å². The monoisotopic (exact) mass is 238 g/mol. The lowest BCUT2D eigenvalue weighted by molar-refractivity contribution is -0.0606. The second-order valence-electron chi connectivity index (χ2n) is 2.67. The molecule has 1 aromatic heterocycles. The van der Waals surface area contributed by atoms with E-state index < -0.39 is 15.3 Å². The highest BCUT2D eigenvalue weighted by molar-refractivity contribution is 8.13. The van der Waals surface area contributed by atoms with Gasteiger partial charge in [0, 0.05) is 10.7 Å². The molecule has 1 aliphatic heterocycles. The third kappa shape index (κ3) is 1.93. The maximum Gasteiger partial charge on any atom is 0.294 e. The van der Waals surface area contributed by atoms with E-state index in [1.165, 1.54) is 12.1 Å². The third-order valence-corrected chi connectivity index (χ3v) is 2.85. The summed E-state index contributed by atoms with van der Waals surface area (Å²) in [5.74, 6) is 0.307. The van der Waals surface area contributed by atoms with Crippen molar-refractivity contribution in [3.8, 4) is 0 Å². The molecule has 0 radical (unpaired) electrons. The minimum absolute atomic E-state index is 0.298. The van der Waals surface area contributed by atoms with Crippen LogP contribution < -0.4 is 0 Å². The average molecular weight is 239 g/mol. The van der Waals surface area contributed by atoms with Gasteiger partial charge in [-0.3, -0.25) is 0 Å². The fourth-order valence-corrected chi connectivity index (χ4v) is 1.79. The van der Waals surface area contributed by atoms with Gasteiger partial charge in [-0.15, -0.1) is 0 Å². The van der Waals surface area contributed by atoms with Crippen LogP contribution >= 0.6 is 10.7 Å². The zero-order valence-corrected chi connectivity index (χ0v) is 8.55. The number of hydrogen-bond acceptors (Lipinski definition) is 5. The maximum absolute atomic E-state index is 10.9. The summed E-state index contributed by atoms with van der Waals surface area (Å²) in [5.41, 5.74) is 0. The smallest absolute Gasteiger partial charge is 0.294 e. The summed E-state index contributed by atoms with van der Waals surface area (Å²) < 4.78 is 36.9. The highest BCUT2D eigenvalue weighted by Gasteiger charge is 2.24. The van der Waals surface area contributed by atoms with Crippen LogP contribution in [0, 0.1) is 0 Å². The molecule has 14 heavy (non-hydrogen) atoms. The van der Waals surface area contributed by atoms with Gasteiger partial charge in [0.15, 0.2) is 5.76 Å². The predicted octanol–water partition coefficient (Wildman–Crippen LogP) is 1.25. The summed E-state index contributed by atoms with van der Waals surface area (Å²) in [5, 5.41) is -0.298. The molecule has 0 amide bonds. The molecule has 0 atom stereocenters. The van der Waals surface area contributed by atoms with Crippen LogP contribution in [0.15, 0.2) is 21.6 Å². The quantitative estimate of drug-likeness (QED) is 0.726. The molecular weight excluding hydrogens is 232 g/mol. The molecule has 2 heterocycles. The van der Waals surface area contributed by atoms with Crippen molar-refractivity contribution in [1.82, 2.24) is 0 Å². The van der Waals surface area contributed by atoms with E-state index in [1.54, 1.807) is 0 Å². The first kappa shape index (κ1) is 9.97. The summed E-state index contributed by atoms with van der Waals surface area (Å²) in [7, 11) is 1.26. The highest BCUT2D eigenvalue weighted by atomic mass is 35.7. The van der Waals surface area contributed by atoms with E-state index in [0.717, 1.165) is 0 Å². The van der Waals surface area contributed by atoms with Crippen molar-refractivity contribution in [3.05, 3.63) is 17.9 Å². The predicted molar refractivity (Wildman–Crippen MR) is 46.4 cm³/mol. The molecule has 1 fully saturated rings. The Morgan fingerprint density at radius 1 is 1.29 bits per heavy atom. The molecule has 0 bridgehead atoms. The molecule has 0 unspecified atom stereocenters. The van der Waals surface area contributed by atoms with Crippen molar-refractivity contribution in [2.45, 2.75) is 11.4 Å². The lowest BCUT2D eigenvalue weighted by Gasteiger charge is -2.03. The van der Waals surface area contributed by atoms with Crippen LogP contribution in [0.3, 0.4) is 0 Å². The fraction of sp³-hybridized carbons (Fsp3) is 0.429. The van der Waals surface area contributed by atoms with Crippen molar-refractivity contribution < 1.29 is 22.3 Å². The molecule has 1 aliphatic rings. The lowest BCUT2D eigenvalue weighted by atomic mass is 10.4. The van der Waals surface area contributed by atoms with Gasteiger partial charge < -0.3 is 13.9 Å². The van der Waals surface area contributed by atoms with E-state index in [0.29, 0.717) is 19.0 Å². The number of hydrogen-bond donors (Lipinski definition) is 0. The van der Waals surface area contributed by atoms with Gasteiger partial charge in [0.1, 0.15) is 0 Å². The number of furan rings is 1. The zero-order chi connectivity index (χ0) is 10.2. The van der Waals surface area contributed by atoms with Gasteiger partial charge in [0.25, 0.3) is 9.05 Å². The van der Waals surface area contributed by atoms with E-state index in [1.807, 2.05) is 0 Å². The van der Waals surface area contributed by atoms with Crippen molar-refractivity contribution in [2.75, 3.05) is 13.2 Å². The van der Waals surface area contributed by atoms with E-state index >= 15 is 0 Å². The Balaban J connectivity index is 2.25. The first-order chi connectivity index (χ1) is 6.57. The van der Waals surface area contributed by atoms with Gasteiger partial charge >= 0.3 is 0 Å². The Morgan fingerprint density at radius 3 is 2.43 bits per heavy atom. The fourth-order valence-electron chi connectivity index (χ4n) is 1.11. The van der Waals surface area contributed by atoms with Crippen molar-refractivity contribution in [1.29, 1.82) is 0 Å². The summed E-state index contributed by atoms with van der Waals surface area (Å²) >= 11 is 0. The van der Waals surface area contributed by atoms with Crippen molar-refractivity contribution in [3.63, 3.8) is 0 Å². The first-order valence-corrected chi connectivity index (χ1v) is 6.16. The molecule has 0 N–H and O–H groups in total. The molecule has 78 valence electrons. The Bertz CT molecular complexity index is 417. The lowest BCUT2D eigenvalue weighted by Crippen LogP contribution is -1.95. The third-order valence-electron chi connectivity index (χ3n) is 1.70. The number of ether oxygens (including phenoxy) is 2. The van der Waals surface area contributed by atoms with E-state index in [9.17, 15) is 8.42 Å². The van der Waals surface area contributed by atoms with Crippen molar-refractivity contribution in [2.24, 2.45) is 0 Å². The number of halogens is 1. The topological polar surface area (TPSA) is 65.7 Å². The van der Waals surface area contributed by atoms with Crippen LogP contribution in [-0.4, -0.2) is 21.6 Å². The standard InChI is InChI=1S/C7H7ClO5S/c8-14(9,10)6-2-1-5(13-6)7-11-3-4-12-7/h1-2,7H,3-4H2. The van der Waals surface area contributed by atoms with E-state index in [2.05, 4.69) is 0 Å². The normalized spacial score (nSPS) is 18.9. The summed E-state index contributed by atoms with van der Waals surface area (Å²) in [4.78, 5) is 0. The summed E-state index contributed by atoms with van der Waals surface area (Å²) in [6.07, 6.45) is -0.623. The Morgan fingerprint density at radius 2 is 1.93 bits per heavy atom. The minimum atomic E-state index is -3.82. The molecule has 0 aliphatic carbocycles. The largest absolute Gasteiger partial charge is 0.443 e. The van der Waals surface area contributed by atoms with Gasteiger partial charge in [-0.2, -0.15) is 0 Å². The highest BCUT2D eigenvalue weighted by Crippen LogP contribution is 2.27. The molecule has 1 saturated heterocycles. The molecule has 5 nitrogen and oxygen atoms in total. The van der Waals surface area contributed by atoms with Crippen molar-refractivity contribution >= 4 is 19.7 Å². The Labute approximate surface area is 85.0 Å². The molecule has 1 aromatic rings. The molecule has 0 saturated carbocycles. The SMILES string of the molecule is O=S(=O)(Cl)c1ccc(C2OCCO2)o1. The Kier molecular flexibility index (Phi) is 2.52. The van der Waals surface area contributed by atoms with Gasteiger partial charge in [0.05, 0.1) is 13.2 Å². The molecule has 0 spiro atoms. The summed E-state index contributed by atoms with van der Waals surface area (Å²) in [6.45, 7) is 0.933. The van der Waals surface area contributed by atoms with Crippen LogP contribution in [-0.2, 0) is 18.5 Å². The molecular formula is C7H7ClO5S. The number of rotatable bonds is 2. The maximum atomic E-state index is 10.9. The van der Waals surface area contributed by atoms with Crippen LogP contribution in [0.1, 0.15) is 12.1 Å². The first-order valence-electron chi connectivity index (χ1n) is 3.85. The second kappa shape index (κ2) is 3.54.